The van der Waals surface area contributed by atoms with Crippen molar-refractivity contribution in [3.8, 4) is 0 Å². The van der Waals surface area contributed by atoms with E-state index in [1.807, 2.05) is 20.8 Å². The molecule has 3 atom stereocenters. The average Bonchev–Trinajstić information content (AvgIpc) is 2.51. The third-order valence-corrected chi connectivity index (χ3v) is 5.34. The van der Waals surface area contributed by atoms with E-state index in [9.17, 15) is 14.7 Å². The lowest BCUT2D eigenvalue weighted by Crippen LogP contribution is -2.68. The second-order valence-corrected chi connectivity index (χ2v) is 5.59. The van der Waals surface area contributed by atoms with E-state index in [2.05, 4.69) is 0 Å². The molecule has 0 aromatic rings. The molecule has 0 heterocycles. The normalized spacial score (nSPS) is 45.9. The van der Waals surface area contributed by atoms with Crippen LogP contribution in [0, 0.1) is 22.2 Å². The van der Waals surface area contributed by atoms with Gasteiger partial charge in [-0.25, -0.2) is 0 Å². The van der Waals surface area contributed by atoms with Crippen LogP contribution in [0.4, 0.5) is 0 Å². The minimum Gasteiger partial charge on any atom is -0.481 e. The van der Waals surface area contributed by atoms with Crippen LogP contribution in [-0.2, 0) is 9.59 Å². The molecule has 0 aromatic carbocycles. The van der Waals surface area contributed by atoms with Gasteiger partial charge in [-0.1, -0.05) is 20.8 Å². The van der Waals surface area contributed by atoms with Crippen LogP contribution in [0.2, 0.25) is 0 Å². The zero-order valence-electron chi connectivity index (χ0n) is 9.20. The van der Waals surface area contributed by atoms with Crippen LogP contribution in [0.3, 0.4) is 0 Å². The lowest BCUT2D eigenvalue weighted by atomic mass is 9.38. The summed E-state index contributed by atoms with van der Waals surface area (Å²) in [6.45, 7) is 5.67. The molecule has 3 rings (SSSR count). The van der Waals surface area contributed by atoms with E-state index in [-0.39, 0.29) is 5.41 Å². The molecular formula is C11H16O4. The molecule has 0 spiro atoms. The molecule has 0 radical (unpaired) electrons. The number of rotatable bonds is 2. The van der Waals surface area contributed by atoms with Gasteiger partial charge in [0.2, 0.25) is 0 Å². The molecule has 2 bridgehead atoms. The van der Waals surface area contributed by atoms with Crippen LogP contribution in [-0.4, -0.2) is 22.2 Å². The molecule has 0 aliphatic heterocycles. The molecule has 4 nitrogen and oxygen atoms in total. The fourth-order valence-electron chi connectivity index (χ4n) is 4.05. The number of hydrogen-bond acceptors (Lipinski definition) is 2. The van der Waals surface area contributed by atoms with E-state index < -0.39 is 28.7 Å². The summed E-state index contributed by atoms with van der Waals surface area (Å²) < 4.78 is 0. The molecule has 2 N–H and O–H groups in total. The topological polar surface area (TPSA) is 74.6 Å². The minimum absolute atomic E-state index is 0.364. The van der Waals surface area contributed by atoms with E-state index in [0.29, 0.717) is 12.8 Å². The molecule has 3 saturated carbocycles. The largest absolute Gasteiger partial charge is 0.481 e. The van der Waals surface area contributed by atoms with Gasteiger partial charge in [-0.2, -0.15) is 0 Å². The predicted molar refractivity (Wildman–Crippen MR) is 52.3 cm³/mol. The standard InChI is InChI=1S/C11H16O4/c1-9(2)10(3)4-5-11(9,8(14)15)6(10)7(12)13/h6H,4-5H2,1-3H3,(H,12,13)(H,14,15)/t6-,10-,11-/m1/s1. The van der Waals surface area contributed by atoms with E-state index in [4.69, 9.17) is 5.11 Å². The fraction of sp³-hybridized carbons (Fsp3) is 0.818. The highest BCUT2D eigenvalue weighted by Gasteiger charge is 2.83. The first kappa shape index (κ1) is 10.5. The maximum absolute atomic E-state index is 11.4. The first-order chi connectivity index (χ1) is 6.72. The van der Waals surface area contributed by atoms with Gasteiger partial charge in [-0.15, -0.1) is 0 Å². The van der Waals surface area contributed by atoms with Crippen LogP contribution in [0.25, 0.3) is 0 Å². The van der Waals surface area contributed by atoms with Gasteiger partial charge in [0.1, 0.15) is 0 Å². The Morgan fingerprint density at radius 2 is 1.67 bits per heavy atom. The van der Waals surface area contributed by atoms with Crippen LogP contribution in [0.5, 0.6) is 0 Å². The van der Waals surface area contributed by atoms with E-state index in [0.717, 1.165) is 0 Å². The highest BCUT2D eigenvalue weighted by Crippen LogP contribution is 2.80. The lowest BCUT2D eigenvalue weighted by Gasteiger charge is -2.63. The zero-order chi connectivity index (χ0) is 11.6. The van der Waals surface area contributed by atoms with Gasteiger partial charge in [0, 0.05) is 0 Å². The third kappa shape index (κ3) is 0.734. The lowest BCUT2D eigenvalue weighted by molar-refractivity contribution is -0.224. The smallest absolute Gasteiger partial charge is 0.311 e. The van der Waals surface area contributed by atoms with Crippen molar-refractivity contribution in [1.29, 1.82) is 0 Å². The number of hydrogen-bond donors (Lipinski definition) is 2. The molecule has 0 amide bonds. The van der Waals surface area contributed by atoms with Crippen molar-refractivity contribution in [1.82, 2.24) is 0 Å². The second-order valence-electron chi connectivity index (χ2n) is 5.59. The van der Waals surface area contributed by atoms with Gasteiger partial charge in [0.05, 0.1) is 11.3 Å². The van der Waals surface area contributed by atoms with Crippen molar-refractivity contribution in [2.45, 2.75) is 33.6 Å². The Labute approximate surface area is 88.3 Å². The Morgan fingerprint density at radius 1 is 1.13 bits per heavy atom. The Balaban J connectivity index is 2.55. The van der Waals surface area contributed by atoms with E-state index in [1.165, 1.54) is 0 Å². The summed E-state index contributed by atoms with van der Waals surface area (Å²) in [6.07, 6.45) is 1.19. The molecule has 15 heavy (non-hydrogen) atoms. The zero-order valence-corrected chi connectivity index (χ0v) is 9.20. The van der Waals surface area contributed by atoms with Crippen molar-refractivity contribution in [3.05, 3.63) is 0 Å². The van der Waals surface area contributed by atoms with Gasteiger partial charge < -0.3 is 10.2 Å². The van der Waals surface area contributed by atoms with Crippen LogP contribution in [0.15, 0.2) is 0 Å². The molecule has 3 fully saturated rings. The van der Waals surface area contributed by atoms with E-state index in [1.54, 1.807) is 0 Å². The maximum atomic E-state index is 11.4. The maximum Gasteiger partial charge on any atom is 0.311 e. The summed E-state index contributed by atoms with van der Waals surface area (Å²) in [6, 6.07) is 0. The first-order valence-corrected chi connectivity index (χ1v) is 5.18. The summed E-state index contributed by atoms with van der Waals surface area (Å²) in [5, 5.41) is 18.5. The second kappa shape index (κ2) is 2.36. The van der Waals surface area contributed by atoms with Gasteiger partial charge >= 0.3 is 11.9 Å². The monoisotopic (exact) mass is 212 g/mol. The van der Waals surface area contributed by atoms with Gasteiger partial charge in [-0.05, 0) is 23.7 Å². The highest BCUT2D eigenvalue weighted by atomic mass is 16.4. The number of carbonyl (C=O) groups is 2. The van der Waals surface area contributed by atoms with Crippen LogP contribution < -0.4 is 0 Å². The Hall–Kier alpha value is -1.06. The summed E-state index contributed by atoms with van der Waals surface area (Å²) in [4.78, 5) is 22.6. The summed E-state index contributed by atoms with van der Waals surface area (Å²) in [7, 11) is 0. The van der Waals surface area contributed by atoms with Crippen LogP contribution in [0.1, 0.15) is 33.6 Å². The summed E-state index contributed by atoms with van der Waals surface area (Å²) >= 11 is 0. The Bertz CT molecular complexity index is 357. The van der Waals surface area contributed by atoms with Crippen molar-refractivity contribution < 1.29 is 19.8 Å². The molecular weight excluding hydrogens is 196 g/mol. The molecule has 3 aliphatic rings. The quantitative estimate of drug-likeness (QED) is 0.729. The SMILES string of the molecule is CC1(C)[C@]2(C(=O)O)CC[C@]1(C)[C@H]2C(=O)O. The Morgan fingerprint density at radius 3 is 1.93 bits per heavy atom. The molecule has 3 aliphatic carbocycles. The van der Waals surface area contributed by atoms with Crippen molar-refractivity contribution >= 4 is 11.9 Å². The highest BCUT2D eigenvalue weighted by molar-refractivity contribution is 5.89. The molecule has 0 aromatic heterocycles. The van der Waals surface area contributed by atoms with Gasteiger partial charge in [-0.3, -0.25) is 9.59 Å². The molecule has 0 unspecified atom stereocenters. The summed E-state index contributed by atoms with van der Waals surface area (Å²) in [5.74, 6) is -2.64. The summed E-state index contributed by atoms with van der Waals surface area (Å²) in [5.41, 5.74) is -1.83. The number of carboxylic acids is 2. The fourth-order valence-corrected chi connectivity index (χ4v) is 4.05. The van der Waals surface area contributed by atoms with E-state index >= 15 is 0 Å². The van der Waals surface area contributed by atoms with Crippen LogP contribution >= 0.6 is 0 Å². The predicted octanol–water partition coefficient (Wildman–Crippen LogP) is 1.60. The first-order valence-electron chi connectivity index (χ1n) is 5.18. The molecule has 84 valence electrons. The average molecular weight is 212 g/mol. The van der Waals surface area contributed by atoms with Crippen molar-refractivity contribution in [3.63, 3.8) is 0 Å². The molecule has 4 heteroatoms. The number of carboxylic acid groups (broad SMARTS) is 2. The minimum atomic E-state index is -1.05. The number of aliphatic carboxylic acids is 2. The van der Waals surface area contributed by atoms with Crippen molar-refractivity contribution in [2.24, 2.45) is 22.2 Å². The Kier molecular flexibility index (Phi) is 1.65. The third-order valence-electron chi connectivity index (χ3n) is 5.34. The number of fused-ring (bicyclic) bond motifs is 1. The molecule has 0 saturated heterocycles. The van der Waals surface area contributed by atoms with Gasteiger partial charge in [0.25, 0.3) is 0 Å². The van der Waals surface area contributed by atoms with Crippen molar-refractivity contribution in [2.75, 3.05) is 0 Å². The van der Waals surface area contributed by atoms with Gasteiger partial charge in [0.15, 0.2) is 0 Å².